The summed E-state index contributed by atoms with van der Waals surface area (Å²) >= 11 is 0. The fraction of sp³-hybridized carbons (Fsp3) is 0.538. The monoisotopic (exact) mass is 464 g/mol. The summed E-state index contributed by atoms with van der Waals surface area (Å²) in [6.07, 6.45) is 8.63. The molecular formula is C26H32N4O4. The molecule has 1 amide bonds. The number of amides is 1. The summed E-state index contributed by atoms with van der Waals surface area (Å²) in [5.74, 6) is 3.31. The van der Waals surface area contributed by atoms with Gasteiger partial charge in [-0.1, -0.05) is 31.1 Å². The van der Waals surface area contributed by atoms with Crippen LogP contribution in [0.2, 0.25) is 0 Å². The van der Waals surface area contributed by atoms with Crippen molar-refractivity contribution in [2.24, 2.45) is 0 Å². The molecule has 4 heterocycles. The minimum atomic E-state index is -0.0766. The van der Waals surface area contributed by atoms with Crippen LogP contribution in [0.4, 0.5) is 5.69 Å². The van der Waals surface area contributed by atoms with Gasteiger partial charge in [0.1, 0.15) is 17.1 Å². The van der Waals surface area contributed by atoms with E-state index in [1.54, 1.807) is 6.20 Å². The number of carbonyl (C=O) groups is 1. The Bertz CT molecular complexity index is 1210. The normalized spacial score (nSPS) is 17.9. The third kappa shape index (κ3) is 4.33. The lowest BCUT2D eigenvalue weighted by molar-refractivity contribution is -0.117. The van der Waals surface area contributed by atoms with E-state index in [1.807, 2.05) is 24.0 Å². The van der Waals surface area contributed by atoms with Crippen molar-refractivity contribution in [2.75, 3.05) is 11.4 Å². The standard InChI is InChI=1S/C13H18N2O2.C13H14N2O2/c1-8(2)11-12(15-7-3-4-10(15)16)13(17-14-11)9-5-6-9;1-2-10-11(9-4-3-7-14-13(9)16)12(17-15-10)8-5-6-8/h8-9H,3-7H2,1-2H3;3-4,7-8H,2,5-6H2,1H3,(H,14,16). The molecule has 3 fully saturated rings. The highest BCUT2D eigenvalue weighted by molar-refractivity contribution is 5.96. The van der Waals surface area contributed by atoms with E-state index in [-0.39, 0.29) is 11.5 Å². The van der Waals surface area contributed by atoms with Crippen molar-refractivity contribution >= 4 is 11.6 Å². The SMILES string of the molecule is CC(C)c1noc(C2CC2)c1N1CCCC1=O.CCc1noc(C2CC2)c1-c1ccc[nH]c1=O. The molecule has 2 aliphatic carbocycles. The van der Waals surface area contributed by atoms with Gasteiger partial charge in [-0.2, -0.15) is 0 Å². The van der Waals surface area contributed by atoms with Crippen LogP contribution in [-0.2, 0) is 11.2 Å². The number of aromatic nitrogens is 3. The van der Waals surface area contributed by atoms with Gasteiger partial charge in [-0.3, -0.25) is 9.59 Å². The van der Waals surface area contributed by atoms with Gasteiger partial charge >= 0.3 is 0 Å². The lowest BCUT2D eigenvalue weighted by atomic mass is 10.0. The predicted octanol–water partition coefficient (Wildman–Crippen LogP) is 5.27. The van der Waals surface area contributed by atoms with Crippen molar-refractivity contribution in [2.45, 2.75) is 83.5 Å². The minimum absolute atomic E-state index is 0.0766. The lowest BCUT2D eigenvalue weighted by Crippen LogP contribution is -2.25. The van der Waals surface area contributed by atoms with Crippen LogP contribution in [0.25, 0.3) is 11.1 Å². The van der Waals surface area contributed by atoms with Crippen molar-refractivity contribution in [3.63, 3.8) is 0 Å². The van der Waals surface area contributed by atoms with E-state index in [4.69, 9.17) is 9.05 Å². The van der Waals surface area contributed by atoms with E-state index in [9.17, 15) is 9.59 Å². The molecule has 0 unspecified atom stereocenters. The highest BCUT2D eigenvalue weighted by atomic mass is 16.5. The Morgan fingerprint density at radius 2 is 1.79 bits per heavy atom. The Morgan fingerprint density at radius 3 is 2.38 bits per heavy atom. The van der Waals surface area contributed by atoms with Crippen molar-refractivity contribution < 1.29 is 13.8 Å². The molecule has 8 nitrogen and oxygen atoms in total. The summed E-state index contributed by atoms with van der Waals surface area (Å²) < 4.78 is 10.9. The molecule has 6 rings (SSSR count). The second-order valence-electron chi connectivity index (χ2n) is 9.77. The van der Waals surface area contributed by atoms with Gasteiger partial charge in [-0.05, 0) is 50.7 Å². The smallest absolute Gasteiger partial charge is 0.256 e. The van der Waals surface area contributed by atoms with Crippen LogP contribution in [0.5, 0.6) is 0 Å². The predicted molar refractivity (Wildman–Crippen MR) is 128 cm³/mol. The molecule has 0 radical (unpaired) electrons. The molecular weight excluding hydrogens is 432 g/mol. The largest absolute Gasteiger partial charge is 0.360 e. The first-order chi connectivity index (χ1) is 16.5. The second-order valence-corrected chi connectivity index (χ2v) is 9.77. The molecule has 2 saturated carbocycles. The average molecular weight is 465 g/mol. The van der Waals surface area contributed by atoms with E-state index in [0.717, 1.165) is 66.4 Å². The number of carbonyl (C=O) groups excluding carboxylic acids is 1. The zero-order valence-electron chi connectivity index (χ0n) is 20.1. The molecule has 0 atom stereocenters. The number of nitrogens with one attached hydrogen (secondary N) is 1. The molecule has 34 heavy (non-hydrogen) atoms. The number of rotatable bonds is 6. The number of hydrogen-bond donors (Lipinski definition) is 1. The number of aromatic amines is 1. The molecule has 0 bridgehead atoms. The maximum Gasteiger partial charge on any atom is 0.256 e. The summed E-state index contributed by atoms with van der Waals surface area (Å²) in [4.78, 5) is 28.3. The number of aryl methyl sites for hydroxylation is 1. The summed E-state index contributed by atoms with van der Waals surface area (Å²) in [5, 5.41) is 8.27. The molecule has 8 heteroatoms. The van der Waals surface area contributed by atoms with Crippen molar-refractivity contribution in [3.8, 4) is 11.1 Å². The third-order valence-electron chi connectivity index (χ3n) is 6.72. The van der Waals surface area contributed by atoms with Gasteiger partial charge < -0.3 is 18.9 Å². The first kappa shape index (κ1) is 22.6. The van der Waals surface area contributed by atoms with E-state index in [2.05, 4.69) is 29.1 Å². The molecule has 1 aliphatic heterocycles. The number of anilines is 1. The van der Waals surface area contributed by atoms with Crippen LogP contribution in [0.3, 0.4) is 0 Å². The highest BCUT2D eigenvalue weighted by Crippen LogP contribution is 2.47. The molecule has 0 aromatic carbocycles. The van der Waals surface area contributed by atoms with E-state index >= 15 is 0 Å². The molecule has 3 aliphatic rings. The van der Waals surface area contributed by atoms with Gasteiger partial charge in [0.15, 0.2) is 5.76 Å². The number of nitrogens with zero attached hydrogens (tertiary/aromatic N) is 3. The first-order valence-corrected chi connectivity index (χ1v) is 12.5. The number of hydrogen-bond acceptors (Lipinski definition) is 6. The van der Waals surface area contributed by atoms with E-state index in [0.29, 0.717) is 29.7 Å². The maximum atomic E-state index is 11.9. The van der Waals surface area contributed by atoms with Crippen molar-refractivity contribution in [1.29, 1.82) is 0 Å². The van der Waals surface area contributed by atoms with Gasteiger partial charge in [0.2, 0.25) is 5.91 Å². The number of pyridine rings is 1. The molecule has 1 N–H and O–H groups in total. The van der Waals surface area contributed by atoms with Crippen molar-refractivity contribution in [3.05, 3.63) is 51.6 Å². The van der Waals surface area contributed by atoms with Gasteiger partial charge in [0.05, 0.1) is 16.8 Å². The minimum Gasteiger partial charge on any atom is -0.360 e. The fourth-order valence-corrected chi connectivity index (χ4v) is 4.57. The second kappa shape index (κ2) is 9.24. The fourth-order valence-electron chi connectivity index (χ4n) is 4.57. The van der Waals surface area contributed by atoms with Crippen LogP contribution in [0, 0.1) is 0 Å². The van der Waals surface area contributed by atoms with Crippen molar-refractivity contribution in [1.82, 2.24) is 15.3 Å². The Balaban J connectivity index is 0.000000142. The van der Waals surface area contributed by atoms with Crippen LogP contribution < -0.4 is 10.5 Å². The van der Waals surface area contributed by atoms with Crippen LogP contribution >= 0.6 is 0 Å². The van der Waals surface area contributed by atoms with Gasteiger partial charge in [-0.15, -0.1) is 0 Å². The average Bonchev–Trinajstić information content (AvgIpc) is 3.73. The molecule has 1 saturated heterocycles. The molecule has 180 valence electrons. The Morgan fingerprint density at radius 1 is 1.09 bits per heavy atom. The van der Waals surface area contributed by atoms with Gasteiger partial charge in [-0.25, -0.2) is 0 Å². The first-order valence-electron chi connectivity index (χ1n) is 12.5. The molecule has 0 spiro atoms. The summed E-state index contributed by atoms with van der Waals surface area (Å²) in [6, 6.07) is 3.66. The topological polar surface area (TPSA) is 105 Å². The highest BCUT2D eigenvalue weighted by Gasteiger charge is 2.38. The zero-order chi connectivity index (χ0) is 23.8. The van der Waals surface area contributed by atoms with Crippen LogP contribution in [-0.4, -0.2) is 27.7 Å². The molecule has 3 aromatic rings. The Labute approximate surface area is 198 Å². The summed E-state index contributed by atoms with van der Waals surface area (Å²) in [5.41, 5.74) is 4.33. The van der Waals surface area contributed by atoms with E-state index < -0.39 is 0 Å². The Hall–Kier alpha value is -3.16. The van der Waals surface area contributed by atoms with Crippen LogP contribution in [0.1, 0.15) is 100.0 Å². The quantitative estimate of drug-likeness (QED) is 0.533. The maximum absolute atomic E-state index is 11.9. The summed E-state index contributed by atoms with van der Waals surface area (Å²) in [6.45, 7) is 7.03. The van der Waals surface area contributed by atoms with Crippen LogP contribution in [0.15, 0.2) is 32.2 Å². The third-order valence-corrected chi connectivity index (χ3v) is 6.72. The lowest BCUT2D eigenvalue weighted by Gasteiger charge is -2.17. The Kier molecular flexibility index (Phi) is 6.15. The van der Waals surface area contributed by atoms with E-state index in [1.165, 1.54) is 12.8 Å². The molecule has 3 aromatic heterocycles. The van der Waals surface area contributed by atoms with Gasteiger partial charge in [0, 0.05) is 36.9 Å². The number of H-pyrrole nitrogens is 1. The van der Waals surface area contributed by atoms with Gasteiger partial charge in [0.25, 0.3) is 5.56 Å². The zero-order valence-corrected chi connectivity index (χ0v) is 20.1. The summed E-state index contributed by atoms with van der Waals surface area (Å²) in [7, 11) is 0.